The zero-order chi connectivity index (χ0) is 26.3. The lowest BCUT2D eigenvalue weighted by atomic mass is 10.0. The number of hydrogen-bond donors (Lipinski definition) is 0. The lowest BCUT2D eigenvalue weighted by molar-refractivity contribution is -0.140. The van der Waals surface area contributed by atoms with Gasteiger partial charge < -0.3 is 9.64 Å². The number of carbonyl (C=O) groups is 2. The second-order valence-corrected chi connectivity index (χ2v) is 11.6. The summed E-state index contributed by atoms with van der Waals surface area (Å²) in [4.78, 5) is 48.7. The molecule has 1 amide bonds. The zero-order valence-electron chi connectivity index (χ0n) is 21.3. The summed E-state index contributed by atoms with van der Waals surface area (Å²) < 4.78 is 7.49. The monoisotopic (exact) mass is 535 g/mol. The van der Waals surface area contributed by atoms with Crippen molar-refractivity contribution in [2.45, 2.75) is 46.6 Å². The number of amides is 1. The molecule has 2 aliphatic rings. The van der Waals surface area contributed by atoms with Crippen LogP contribution in [0.4, 0.5) is 5.69 Å². The van der Waals surface area contributed by atoms with Crippen molar-refractivity contribution in [1.82, 2.24) is 4.57 Å². The molecule has 0 aliphatic carbocycles. The highest BCUT2D eigenvalue weighted by Gasteiger charge is 2.37. The molecule has 3 aromatic rings. The number of fused-ring (bicyclic) bond motifs is 2. The number of aromatic nitrogens is 1. The summed E-state index contributed by atoms with van der Waals surface area (Å²) in [5.41, 5.74) is 2.55. The number of thiazole rings is 1. The van der Waals surface area contributed by atoms with Crippen LogP contribution in [0.1, 0.15) is 57.0 Å². The van der Waals surface area contributed by atoms with Crippen molar-refractivity contribution in [1.29, 1.82) is 0 Å². The number of rotatable bonds is 7. The number of thiophene rings is 1. The zero-order valence-corrected chi connectivity index (χ0v) is 22.9. The first-order valence-electron chi connectivity index (χ1n) is 12.5. The van der Waals surface area contributed by atoms with Crippen molar-refractivity contribution in [3.05, 3.63) is 83.2 Å². The lowest BCUT2D eigenvalue weighted by Gasteiger charge is -2.23. The molecule has 0 saturated carbocycles. The van der Waals surface area contributed by atoms with Gasteiger partial charge in [0.1, 0.15) is 10.6 Å². The standard InChI is InChI=1S/C28H29N3O4S2/c1-5-6-13-30-19-11-8-7-10-18(19)22(25(30)32)24-26(33)31-23(20-12-9-14-36-20)21(17(4)29-28(31)37-24)27(34)35-15-16(2)3/h7-12,14,16,23H,5-6,13,15H2,1-4H3. The Morgan fingerprint density at radius 2 is 1.95 bits per heavy atom. The van der Waals surface area contributed by atoms with Crippen LogP contribution in [-0.2, 0) is 14.3 Å². The molecule has 0 spiro atoms. The van der Waals surface area contributed by atoms with Crippen LogP contribution in [0.3, 0.4) is 0 Å². The third-order valence-electron chi connectivity index (χ3n) is 6.46. The SMILES string of the molecule is CCCCN1C(=O)C(=c2sc3n(c2=O)C(c2cccs2)C(C(=O)OCC(C)C)=C(C)N=3)c2ccccc21. The van der Waals surface area contributed by atoms with E-state index in [0.29, 0.717) is 32.7 Å². The molecule has 5 rings (SSSR count). The Morgan fingerprint density at radius 3 is 2.65 bits per heavy atom. The maximum atomic E-state index is 14.1. The van der Waals surface area contributed by atoms with Crippen LogP contribution >= 0.6 is 22.7 Å². The van der Waals surface area contributed by atoms with Gasteiger partial charge in [-0.2, -0.15) is 0 Å². The molecule has 37 heavy (non-hydrogen) atoms. The maximum absolute atomic E-state index is 14.1. The van der Waals surface area contributed by atoms with Gasteiger partial charge in [0.2, 0.25) is 0 Å². The Bertz CT molecular complexity index is 1580. The highest BCUT2D eigenvalue weighted by Crippen LogP contribution is 2.36. The number of benzene rings is 1. The summed E-state index contributed by atoms with van der Waals surface area (Å²) in [7, 11) is 0. The Kier molecular flexibility index (Phi) is 7.00. The van der Waals surface area contributed by atoms with Crippen LogP contribution in [0, 0.1) is 5.92 Å². The minimum Gasteiger partial charge on any atom is -0.462 e. The number of para-hydroxylation sites is 1. The molecule has 0 radical (unpaired) electrons. The normalized spacial score (nSPS) is 18.2. The average Bonchev–Trinajstić information content (AvgIpc) is 3.58. The molecule has 4 heterocycles. The van der Waals surface area contributed by atoms with Gasteiger partial charge in [0.05, 0.1) is 29.1 Å². The van der Waals surface area contributed by atoms with Crippen LogP contribution < -0.4 is 19.8 Å². The predicted molar refractivity (Wildman–Crippen MR) is 147 cm³/mol. The predicted octanol–water partition coefficient (Wildman–Crippen LogP) is 4.01. The van der Waals surface area contributed by atoms with E-state index in [-0.39, 0.29) is 24.0 Å². The number of esters is 1. The molecule has 1 unspecified atom stereocenters. The van der Waals surface area contributed by atoms with Gasteiger partial charge in [0.15, 0.2) is 4.80 Å². The van der Waals surface area contributed by atoms with Gasteiger partial charge >= 0.3 is 5.97 Å². The van der Waals surface area contributed by atoms with E-state index in [2.05, 4.69) is 11.9 Å². The van der Waals surface area contributed by atoms with Gasteiger partial charge in [-0.15, -0.1) is 11.3 Å². The second kappa shape index (κ2) is 10.2. The first kappa shape index (κ1) is 25.4. The van der Waals surface area contributed by atoms with Crippen LogP contribution in [-0.4, -0.2) is 29.6 Å². The first-order chi connectivity index (χ1) is 17.8. The summed E-state index contributed by atoms with van der Waals surface area (Å²) in [6.07, 6.45) is 1.83. The number of unbranched alkanes of at least 4 members (excludes halogenated alkanes) is 1. The molecule has 1 aromatic carbocycles. The van der Waals surface area contributed by atoms with Gasteiger partial charge in [0, 0.05) is 17.0 Å². The number of ether oxygens (including phenoxy) is 1. The maximum Gasteiger partial charge on any atom is 0.338 e. The molecular weight excluding hydrogens is 506 g/mol. The molecule has 0 N–H and O–H groups in total. The molecule has 1 atom stereocenters. The van der Waals surface area contributed by atoms with Crippen LogP contribution in [0.15, 0.2) is 62.8 Å². The Labute approximate surface area is 223 Å². The summed E-state index contributed by atoms with van der Waals surface area (Å²) in [6, 6.07) is 10.8. The fourth-order valence-electron chi connectivity index (χ4n) is 4.71. The van der Waals surface area contributed by atoms with Crippen molar-refractivity contribution in [3.63, 3.8) is 0 Å². The van der Waals surface area contributed by atoms with E-state index in [1.54, 1.807) is 16.4 Å². The van der Waals surface area contributed by atoms with Crippen LogP contribution in [0.2, 0.25) is 0 Å². The molecular formula is C28H29N3O4S2. The molecule has 2 aliphatic heterocycles. The molecule has 7 nitrogen and oxygen atoms in total. The van der Waals surface area contributed by atoms with Crippen molar-refractivity contribution in [3.8, 4) is 0 Å². The molecule has 9 heteroatoms. The van der Waals surface area contributed by atoms with Crippen molar-refractivity contribution < 1.29 is 14.3 Å². The summed E-state index contributed by atoms with van der Waals surface area (Å²) in [5, 5.41) is 1.92. The molecule has 2 aromatic heterocycles. The average molecular weight is 536 g/mol. The van der Waals surface area contributed by atoms with Crippen LogP contribution in [0.25, 0.3) is 5.57 Å². The molecule has 0 fully saturated rings. The third kappa shape index (κ3) is 4.40. The van der Waals surface area contributed by atoms with Gasteiger partial charge in [-0.05, 0) is 36.8 Å². The topological polar surface area (TPSA) is 81.0 Å². The summed E-state index contributed by atoms with van der Waals surface area (Å²) >= 11 is 2.68. The molecule has 0 bridgehead atoms. The highest BCUT2D eigenvalue weighted by molar-refractivity contribution is 7.10. The summed E-state index contributed by atoms with van der Waals surface area (Å²) in [6.45, 7) is 8.68. The highest BCUT2D eigenvalue weighted by atomic mass is 32.1. The van der Waals surface area contributed by atoms with Crippen molar-refractivity contribution in [2.24, 2.45) is 10.9 Å². The minimum atomic E-state index is -0.659. The Morgan fingerprint density at radius 1 is 1.16 bits per heavy atom. The number of hydrogen-bond acceptors (Lipinski definition) is 7. The number of allylic oxidation sites excluding steroid dienone is 1. The van der Waals surface area contributed by atoms with Gasteiger partial charge in [-0.3, -0.25) is 14.2 Å². The van der Waals surface area contributed by atoms with Crippen molar-refractivity contribution >= 4 is 45.8 Å². The minimum absolute atomic E-state index is 0.167. The third-order valence-corrected chi connectivity index (χ3v) is 8.44. The molecule has 0 saturated heterocycles. The van der Waals surface area contributed by atoms with E-state index in [1.165, 1.54) is 22.7 Å². The summed E-state index contributed by atoms with van der Waals surface area (Å²) in [5.74, 6) is -0.462. The Balaban J connectivity index is 1.72. The van der Waals surface area contributed by atoms with E-state index in [9.17, 15) is 14.4 Å². The number of anilines is 1. The largest absolute Gasteiger partial charge is 0.462 e. The number of nitrogens with zero attached hydrogens (tertiary/aromatic N) is 3. The number of carbonyl (C=O) groups excluding carboxylic acids is 2. The quantitative estimate of drug-likeness (QED) is 0.428. The van der Waals surface area contributed by atoms with Gasteiger partial charge in [-0.25, -0.2) is 9.79 Å². The van der Waals surface area contributed by atoms with E-state index >= 15 is 0 Å². The van der Waals surface area contributed by atoms with Gasteiger partial charge in [0.25, 0.3) is 11.5 Å². The fourth-order valence-corrected chi connectivity index (χ4v) is 6.67. The molecule has 192 valence electrons. The van der Waals surface area contributed by atoms with E-state index in [4.69, 9.17) is 4.74 Å². The van der Waals surface area contributed by atoms with Crippen molar-refractivity contribution in [2.75, 3.05) is 18.1 Å². The smallest absolute Gasteiger partial charge is 0.338 e. The first-order valence-corrected chi connectivity index (χ1v) is 14.2. The van der Waals surface area contributed by atoms with E-state index in [1.807, 2.05) is 55.6 Å². The fraction of sp³-hybridized carbons (Fsp3) is 0.357. The Hall–Kier alpha value is -3.30. The van der Waals surface area contributed by atoms with Gasteiger partial charge in [-0.1, -0.05) is 62.8 Å². The van der Waals surface area contributed by atoms with E-state index in [0.717, 1.165) is 29.0 Å². The second-order valence-electron chi connectivity index (χ2n) is 9.61. The van der Waals surface area contributed by atoms with Crippen LogP contribution in [0.5, 0.6) is 0 Å². The van der Waals surface area contributed by atoms with E-state index < -0.39 is 12.0 Å². The lowest BCUT2D eigenvalue weighted by Crippen LogP contribution is -2.40.